The van der Waals surface area contributed by atoms with Gasteiger partial charge in [-0.1, -0.05) is 60.3 Å². The number of nitriles is 1. The van der Waals surface area contributed by atoms with E-state index in [9.17, 15) is 10.1 Å². The first-order chi connectivity index (χ1) is 15.7. The van der Waals surface area contributed by atoms with Gasteiger partial charge in [0.25, 0.3) is 0 Å². The summed E-state index contributed by atoms with van der Waals surface area (Å²) in [4.78, 5) is 14.4. The monoisotopic (exact) mass is 443 g/mol. The normalized spacial score (nSPS) is 10.6. The van der Waals surface area contributed by atoms with E-state index in [1.807, 2.05) is 78.2 Å². The highest BCUT2D eigenvalue weighted by atomic mass is 32.2. The van der Waals surface area contributed by atoms with Crippen molar-refractivity contribution >= 4 is 23.4 Å². The number of aromatic nitrogens is 3. The minimum Gasteiger partial charge on any atom is -0.469 e. The van der Waals surface area contributed by atoms with Gasteiger partial charge in [-0.25, -0.2) is 0 Å². The molecule has 0 aliphatic carbocycles. The highest BCUT2D eigenvalue weighted by Gasteiger charge is 2.21. The summed E-state index contributed by atoms with van der Waals surface area (Å²) in [6.07, 6.45) is 1.63. The molecule has 1 amide bonds. The van der Waals surface area contributed by atoms with Gasteiger partial charge in [-0.15, -0.1) is 10.2 Å². The van der Waals surface area contributed by atoms with Crippen LogP contribution in [0.3, 0.4) is 0 Å². The Bertz CT molecular complexity index is 1230. The molecule has 0 unspecified atom stereocenters. The van der Waals surface area contributed by atoms with Gasteiger partial charge in [0.05, 0.1) is 30.2 Å². The van der Waals surface area contributed by atoms with E-state index in [2.05, 4.69) is 16.3 Å². The molecule has 2 heterocycles. The third-order valence-electron chi connectivity index (χ3n) is 4.92. The standard InChI is InChI=1S/C24H21N5O2S/c1-18-21(12-15-31-18)23-26-27-24(29(23)16-19-8-4-2-5-9-19)32-17-22(30)28(14-13-25)20-10-6-3-7-11-20/h2-12,15H,14,16-17H2,1H3. The number of benzene rings is 2. The summed E-state index contributed by atoms with van der Waals surface area (Å²) in [6, 6.07) is 23.1. The molecule has 2 aromatic heterocycles. The van der Waals surface area contributed by atoms with Crippen LogP contribution in [0, 0.1) is 18.3 Å². The number of carbonyl (C=O) groups is 1. The van der Waals surface area contributed by atoms with E-state index in [1.54, 1.807) is 6.26 Å². The number of furan rings is 1. The van der Waals surface area contributed by atoms with Gasteiger partial charge in [0.15, 0.2) is 11.0 Å². The van der Waals surface area contributed by atoms with Crippen LogP contribution in [0.1, 0.15) is 11.3 Å². The smallest absolute Gasteiger partial charge is 0.238 e. The molecule has 4 aromatic rings. The second-order valence-electron chi connectivity index (χ2n) is 7.03. The van der Waals surface area contributed by atoms with Gasteiger partial charge >= 0.3 is 0 Å². The highest BCUT2D eigenvalue weighted by molar-refractivity contribution is 7.99. The summed E-state index contributed by atoms with van der Waals surface area (Å²) in [6.45, 7) is 2.43. The second kappa shape index (κ2) is 9.98. The number of hydrogen-bond acceptors (Lipinski definition) is 6. The van der Waals surface area contributed by atoms with Gasteiger partial charge < -0.3 is 4.42 Å². The SMILES string of the molecule is Cc1occc1-c1nnc(SCC(=O)N(CC#N)c2ccccc2)n1Cc1ccccc1. The summed E-state index contributed by atoms with van der Waals surface area (Å²) >= 11 is 1.31. The Balaban J connectivity index is 1.59. The fourth-order valence-electron chi connectivity index (χ4n) is 3.33. The fourth-order valence-corrected chi connectivity index (χ4v) is 4.14. The Morgan fingerprint density at radius 2 is 1.81 bits per heavy atom. The molecule has 0 fully saturated rings. The number of para-hydroxylation sites is 1. The topological polar surface area (TPSA) is 88.0 Å². The van der Waals surface area contributed by atoms with Crippen molar-refractivity contribution in [1.29, 1.82) is 5.26 Å². The number of rotatable bonds is 8. The van der Waals surface area contributed by atoms with Crippen LogP contribution in [0.2, 0.25) is 0 Å². The molecule has 0 spiro atoms. The Hall–Kier alpha value is -3.83. The first-order valence-corrected chi connectivity index (χ1v) is 11.0. The van der Waals surface area contributed by atoms with Crippen molar-refractivity contribution in [3.05, 3.63) is 84.3 Å². The Labute approximate surface area is 190 Å². The van der Waals surface area contributed by atoms with Crippen molar-refractivity contribution in [2.24, 2.45) is 0 Å². The number of anilines is 1. The Morgan fingerprint density at radius 3 is 2.47 bits per heavy atom. The third kappa shape index (κ3) is 4.74. The second-order valence-corrected chi connectivity index (χ2v) is 7.97. The van der Waals surface area contributed by atoms with Crippen molar-refractivity contribution in [3.63, 3.8) is 0 Å². The van der Waals surface area contributed by atoms with Gasteiger partial charge in [-0.2, -0.15) is 5.26 Å². The maximum Gasteiger partial charge on any atom is 0.238 e. The van der Waals surface area contributed by atoms with E-state index in [4.69, 9.17) is 4.42 Å². The van der Waals surface area contributed by atoms with Crippen LogP contribution in [0.15, 0.2) is 82.6 Å². The minimum atomic E-state index is -0.168. The molecule has 0 saturated heterocycles. The summed E-state index contributed by atoms with van der Waals surface area (Å²) < 4.78 is 7.45. The zero-order chi connectivity index (χ0) is 22.3. The highest BCUT2D eigenvalue weighted by Crippen LogP contribution is 2.28. The quantitative estimate of drug-likeness (QED) is 0.293. The molecule has 0 N–H and O–H groups in total. The van der Waals surface area contributed by atoms with Crippen molar-refractivity contribution in [2.75, 3.05) is 17.2 Å². The van der Waals surface area contributed by atoms with Crippen LogP contribution >= 0.6 is 11.8 Å². The molecule has 0 aliphatic heterocycles. The lowest BCUT2D eigenvalue weighted by Crippen LogP contribution is -2.32. The van der Waals surface area contributed by atoms with Crippen molar-refractivity contribution in [1.82, 2.24) is 14.8 Å². The van der Waals surface area contributed by atoms with Gasteiger partial charge in [0.1, 0.15) is 12.3 Å². The van der Waals surface area contributed by atoms with Crippen molar-refractivity contribution in [2.45, 2.75) is 18.6 Å². The largest absolute Gasteiger partial charge is 0.469 e. The number of nitrogens with zero attached hydrogens (tertiary/aromatic N) is 5. The van der Waals surface area contributed by atoms with E-state index < -0.39 is 0 Å². The molecule has 7 nitrogen and oxygen atoms in total. The van der Waals surface area contributed by atoms with Gasteiger partial charge in [-0.3, -0.25) is 14.3 Å². The molecule has 0 bridgehead atoms. The Morgan fingerprint density at radius 1 is 1.09 bits per heavy atom. The fraction of sp³-hybridized carbons (Fsp3) is 0.167. The van der Waals surface area contributed by atoms with Crippen LogP contribution in [-0.4, -0.2) is 33.0 Å². The molecule has 0 saturated carbocycles. The van der Waals surface area contributed by atoms with Crippen molar-refractivity contribution in [3.8, 4) is 17.5 Å². The molecule has 2 aromatic carbocycles. The molecular weight excluding hydrogens is 422 g/mol. The first kappa shape index (κ1) is 21.4. The van der Waals surface area contributed by atoms with E-state index >= 15 is 0 Å². The number of thioether (sulfide) groups is 1. The molecule has 0 aliphatic rings. The zero-order valence-corrected chi connectivity index (χ0v) is 18.3. The number of hydrogen-bond donors (Lipinski definition) is 0. The molecule has 160 valence electrons. The van der Waals surface area contributed by atoms with Crippen molar-refractivity contribution < 1.29 is 9.21 Å². The third-order valence-corrected chi connectivity index (χ3v) is 5.87. The van der Waals surface area contributed by atoms with Crippen LogP contribution in [-0.2, 0) is 11.3 Å². The van der Waals surface area contributed by atoms with E-state index in [0.29, 0.717) is 23.2 Å². The molecule has 0 atom stereocenters. The van der Waals surface area contributed by atoms with Gasteiger partial charge in [-0.05, 0) is 30.7 Å². The van der Waals surface area contributed by atoms with Crippen LogP contribution in [0.4, 0.5) is 5.69 Å². The minimum absolute atomic E-state index is 0.0143. The lowest BCUT2D eigenvalue weighted by Gasteiger charge is -2.19. The maximum atomic E-state index is 12.9. The molecule has 0 radical (unpaired) electrons. The van der Waals surface area contributed by atoms with E-state index in [1.165, 1.54) is 16.7 Å². The maximum absolute atomic E-state index is 12.9. The van der Waals surface area contributed by atoms with Crippen LogP contribution < -0.4 is 4.90 Å². The number of carbonyl (C=O) groups excluding carboxylic acids is 1. The average molecular weight is 444 g/mol. The number of amides is 1. The van der Waals surface area contributed by atoms with E-state index in [-0.39, 0.29) is 18.2 Å². The average Bonchev–Trinajstić information content (AvgIpc) is 3.42. The molecule has 32 heavy (non-hydrogen) atoms. The summed E-state index contributed by atoms with van der Waals surface area (Å²) in [7, 11) is 0. The predicted molar refractivity (Wildman–Crippen MR) is 123 cm³/mol. The van der Waals surface area contributed by atoms with Crippen LogP contribution in [0.25, 0.3) is 11.4 Å². The molecular formula is C24H21N5O2S. The predicted octanol–water partition coefficient (Wildman–Crippen LogP) is 4.54. The van der Waals surface area contributed by atoms with Gasteiger partial charge in [0, 0.05) is 5.69 Å². The summed E-state index contributed by atoms with van der Waals surface area (Å²) in [5.41, 5.74) is 2.65. The molecule has 8 heteroatoms. The van der Waals surface area contributed by atoms with E-state index in [0.717, 1.165) is 16.9 Å². The zero-order valence-electron chi connectivity index (χ0n) is 17.5. The first-order valence-electron chi connectivity index (χ1n) is 10.0. The lowest BCUT2D eigenvalue weighted by molar-refractivity contribution is -0.116. The van der Waals surface area contributed by atoms with Gasteiger partial charge in [0.2, 0.25) is 5.91 Å². The van der Waals surface area contributed by atoms with Crippen LogP contribution in [0.5, 0.6) is 0 Å². The lowest BCUT2D eigenvalue weighted by atomic mass is 10.2. The summed E-state index contributed by atoms with van der Waals surface area (Å²) in [5, 5.41) is 18.6. The summed E-state index contributed by atoms with van der Waals surface area (Å²) in [5.74, 6) is 1.40. The number of aryl methyl sites for hydroxylation is 1. The molecule has 4 rings (SSSR count). The Kier molecular flexibility index (Phi) is 6.68.